The molecule has 0 saturated heterocycles. The van der Waals surface area contributed by atoms with E-state index in [9.17, 15) is 13.3 Å². The summed E-state index contributed by atoms with van der Waals surface area (Å²) in [5.74, 6) is 1.17. The Kier molecular flexibility index (Phi) is 9.92. The largest absolute Gasteiger partial charge is 0.583 e. The van der Waals surface area contributed by atoms with Crippen LogP contribution in [0, 0.1) is 13.8 Å². The normalized spacial score (nSPS) is 12.3. The lowest BCUT2D eigenvalue weighted by molar-refractivity contribution is 0.00426. The molecule has 4 rings (SSSR count). The second-order valence-corrected chi connectivity index (χ2v) is 10.8. The molecule has 2 aromatic heterocycles. The summed E-state index contributed by atoms with van der Waals surface area (Å²) in [6.45, 7) is 4.72. The number of rotatable bonds is 14. The Balaban J connectivity index is 1.23. The minimum absolute atomic E-state index is 0.110. The fraction of sp³-hybridized carbons (Fsp3) is 0.379. The van der Waals surface area contributed by atoms with Crippen LogP contribution in [0.25, 0.3) is 21.8 Å². The summed E-state index contributed by atoms with van der Waals surface area (Å²) >= 11 is 0. The van der Waals surface area contributed by atoms with Crippen LogP contribution >= 0.6 is 8.03 Å². The lowest BCUT2D eigenvalue weighted by Crippen LogP contribution is -2.16. The molecular weight excluding hydrogens is 539 g/mol. The second-order valence-electron chi connectivity index (χ2n) is 9.61. The standard InChI is InChI=1S/C29H32F2N3O5P/c1-19-3-8-24-25-17-21(18-33-27(25)28(32)34-26(24)15-19)4-5-22-6-7-23(16-20(22)2)39-14-13-38-12-11-37-10-9-29(30,31)40(35)36/h3,6-8,15-18H,4-5,9-14H2,1-2H3,(H2-,32,34,35,36)/p+1. The summed E-state index contributed by atoms with van der Waals surface area (Å²) in [4.78, 5) is 17.6. The highest BCUT2D eigenvalue weighted by Crippen LogP contribution is 2.41. The van der Waals surface area contributed by atoms with Crippen LogP contribution in [0.1, 0.15) is 28.7 Å². The van der Waals surface area contributed by atoms with E-state index < -0.39 is 20.1 Å². The van der Waals surface area contributed by atoms with Gasteiger partial charge in [0, 0.05) is 17.0 Å². The molecule has 3 N–H and O–H groups in total. The van der Waals surface area contributed by atoms with Gasteiger partial charge in [-0.1, -0.05) is 18.2 Å². The molecule has 1 atom stereocenters. The van der Waals surface area contributed by atoms with E-state index in [2.05, 4.69) is 34.2 Å². The van der Waals surface area contributed by atoms with Crippen LogP contribution in [0.15, 0.2) is 48.7 Å². The summed E-state index contributed by atoms with van der Waals surface area (Å²) < 4.78 is 52.7. The van der Waals surface area contributed by atoms with Gasteiger partial charge in [-0.15, -0.1) is 0 Å². The van der Waals surface area contributed by atoms with E-state index >= 15 is 0 Å². The molecule has 8 nitrogen and oxygen atoms in total. The first-order valence-electron chi connectivity index (χ1n) is 13.0. The van der Waals surface area contributed by atoms with Crippen molar-refractivity contribution in [2.45, 2.75) is 38.8 Å². The molecule has 2 aromatic carbocycles. The maximum absolute atomic E-state index is 13.0. The van der Waals surface area contributed by atoms with Gasteiger partial charge in [0.05, 0.1) is 38.4 Å². The Bertz CT molecular complexity index is 1500. The van der Waals surface area contributed by atoms with Gasteiger partial charge in [-0.2, -0.15) is 13.7 Å². The average Bonchev–Trinajstić information content (AvgIpc) is 2.91. The first-order valence-corrected chi connectivity index (χ1v) is 14.2. The smallest absolute Gasteiger partial charge is 0.491 e. The number of fused-ring (bicyclic) bond motifs is 3. The number of alkyl halides is 2. The van der Waals surface area contributed by atoms with E-state index in [-0.39, 0.29) is 19.8 Å². The molecule has 0 aliphatic rings. The summed E-state index contributed by atoms with van der Waals surface area (Å²) in [5.41, 5.74) is 8.73. The van der Waals surface area contributed by atoms with Crippen molar-refractivity contribution in [2.24, 2.45) is 0 Å². The van der Waals surface area contributed by atoms with Crippen LogP contribution < -0.4 is 10.5 Å². The Labute approximate surface area is 232 Å². The molecule has 0 aliphatic carbocycles. The van der Waals surface area contributed by atoms with Crippen LogP contribution in [0.3, 0.4) is 0 Å². The van der Waals surface area contributed by atoms with Crippen molar-refractivity contribution in [3.63, 3.8) is 0 Å². The Morgan fingerprint density at radius 1 is 0.950 bits per heavy atom. The Morgan fingerprint density at radius 3 is 2.45 bits per heavy atom. The molecular formula is C29H33F2N3O5P+. The van der Waals surface area contributed by atoms with Crippen molar-refractivity contribution in [1.82, 2.24) is 9.97 Å². The number of pyridine rings is 2. The third-order valence-electron chi connectivity index (χ3n) is 6.56. The Hall–Kier alpha value is -3.30. The molecule has 0 bridgehead atoms. The van der Waals surface area contributed by atoms with Crippen LogP contribution in [0.5, 0.6) is 5.75 Å². The zero-order valence-corrected chi connectivity index (χ0v) is 23.4. The van der Waals surface area contributed by atoms with Crippen LogP contribution in [0.2, 0.25) is 0 Å². The molecule has 4 aromatic rings. The first kappa shape index (κ1) is 29.7. The van der Waals surface area contributed by atoms with Gasteiger partial charge in [0.1, 0.15) is 17.9 Å². The van der Waals surface area contributed by atoms with E-state index in [1.807, 2.05) is 38.2 Å². The maximum atomic E-state index is 13.0. The average molecular weight is 573 g/mol. The lowest BCUT2D eigenvalue weighted by Gasteiger charge is -2.12. The number of nitrogens with zero attached hydrogens (tertiary/aromatic N) is 2. The van der Waals surface area contributed by atoms with Gasteiger partial charge in [0.15, 0.2) is 5.82 Å². The van der Waals surface area contributed by atoms with Crippen molar-refractivity contribution in [3.8, 4) is 5.75 Å². The van der Waals surface area contributed by atoms with Crippen molar-refractivity contribution in [1.29, 1.82) is 0 Å². The van der Waals surface area contributed by atoms with Crippen molar-refractivity contribution in [2.75, 3.05) is 38.8 Å². The summed E-state index contributed by atoms with van der Waals surface area (Å²) in [5, 5.41) is 2.05. The van der Waals surface area contributed by atoms with Gasteiger partial charge in [-0.25, -0.2) is 4.98 Å². The molecule has 0 amide bonds. The molecule has 0 radical (unpaired) electrons. The molecule has 0 saturated carbocycles. The molecule has 11 heteroatoms. The zero-order chi connectivity index (χ0) is 28.7. The van der Waals surface area contributed by atoms with Gasteiger partial charge in [-0.3, -0.25) is 4.98 Å². The molecule has 0 spiro atoms. The summed E-state index contributed by atoms with van der Waals surface area (Å²) in [7, 11) is -3.55. The minimum atomic E-state index is -3.63. The van der Waals surface area contributed by atoms with Crippen molar-refractivity contribution >= 4 is 35.7 Å². The number of ether oxygens (including phenoxy) is 3. The minimum Gasteiger partial charge on any atom is -0.491 e. The number of halogens is 2. The SMILES string of the molecule is Cc1ccc2c(c1)nc(N)c1ncc(CCc3ccc(OCCOCCOCCC(F)(F)[P+](=O)O)cc3C)cc12. The highest BCUT2D eigenvalue weighted by molar-refractivity contribution is 7.39. The molecule has 0 fully saturated rings. The summed E-state index contributed by atoms with van der Waals surface area (Å²) in [6, 6.07) is 14.3. The molecule has 212 valence electrons. The van der Waals surface area contributed by atoms with E-state index in [1.54, 1.807) is 0 Å². The van der Waals surface area contributed by atoms with Crippen LogP contribution in [-0.2, 0) is 26.9 Å². The van der Waals surface area contributed by atoms with Gasteiger partial charge < -0.3 is 19.9 Å². The van der Waals surface area contributed by atoms with Gasteiger partial charge in [0.2, 0.25) is 0 Å². The number of benzene rings is 2. The highest BCUT2D eigenvalue weighted by atomic mass is 31.1. The first-order chi connectivity index (χ1) is 19.1. The van der Waals surface area contributed by atoms with E-state index in [4.69, 9.17) is 24.8 Å². The predicted molar refractivity (Wildman–Crippen MR) is 151 cm³/mol. The van der Waals surface area contributed by atoms with E-state index in [1.165, 1.54) is 5.56 Å². The molecule has 1 unspecified atom stereocenters. The van der Waals surface area contributed by atoms with Gasteiger partial charge >= 0.3 is 13.7 Å². The number of hydrogen-bond donors (Lipinski definition) is 2. The van der Waals surface area contributed by atoms with E-state index in [0.29, 0.717) is 19.0 Å². The number of aryl methyl sites for hydroxylation is 4. The fourth-order valence-corrected chi connectivity index (χ4v) is 4.63. The predicted octanol–water partition coefficient (Wildman–Crippen LogP) is 5.90. The second kappa shape index (κ2) is 13.4. The van der Waals surface area contributed by atoms with Crippen molar-refractivity contribution < 1.29 is 32.4 Å². The van der Waals surface area contributed by atoms with Crippen LogP contribution in [0.4, 0.5) is 14.6 Å². The van der Waals surface area contributed by atoms with Crippen molar-refractivity contribution in [3.05, 3.63) is 70.9 Å². The third-order valence-corrected chi connectivity index (χ3v) is 7.35. The maximum Gasteiger partial charge on any atom is 0.583 e. The molecule has 0 aliphatic heterocycles. The number of nitrogen functional groups attached to an aromatic ring is 1. The number of aromatic nitrogens is 2. The number of hydrogen-bond acceptors (Lipinski definition) is 7. The fourth-order valence-electron chi connectivity index (χ4n) is 4.35. The lowest BCUT2D eigenvalue weighted by atomic mass is 9.99. The quantitative estimate of drug-likeness (QED) is 0.109. The number of nitrogens with two attached hydrogens (primary N) is 1. The molecule has 2 heterocycles. The number of anilines is 1. The van der Waals surface area contributed by atoms with Crippen LogP contribution in [-0.4, -0.2) is 53.6 Å². The monoisotopic (exact) mass is 572 g/mol. The van der Waals surface area contributed by atoms with Gasteiger partial charge in [0.25, 0.3) is 0 Å². The van der Waals surface area contributed by atoms with Gasteiger partial charge in [-0.05, 0) is 77.8 Å². The molecule has 40 heavy (non-hydrogen) atoms. The zero-order valence-electron chi connectivity index (χ0n) is 22.5. The van der Waals surface area contributed by atoms with E-state index in [0.717, 1.165) is 57.1 Å². The topological polar surface area (TPSA) is 117 Å². The Morgan fingerprint density at radius 2 is 1.70 bits per heavy atom. The highest BCUT2D eigenvalue weighted by Gasteiger charge is 2.50. The third kappa shape index (κ3) is 7.67. The summed E-state index contributed by atoms with van der Waals surface area (Å²) in [6.07, 6.45) is 2.73.